The minimum Gasteiger partial charge on any atom is -0.468 e. The minimum absolute atomic E-state index is 0.0545. The standard InChI is InChI=1S/C8H16N2O5S/c1-14-8(11)6-16(12,13)10-4-7-5-15-3-2-9-7/h7,9-10H,2-6H2,1H3. The number of esters is 1. The summed E-state index contributed by atoms with van der Waals surface area (Å²) in [5.41, 5.74) is 0. The molecule has 1 fully saturated rings. The van der Waals surface area contributed by atoms with Crippen LogP contribution in [0.1, 0.15) is 0 Å². The highest BCUT2D eigenvalue weighted by Gasteiger charge is 2.19. The highest BCUT2D eigenvalue weighted by Crippen LogP contribution is 1.93. The van der Waals surface area contributed by atoms with Gasteiger partial charge in [0.05, 0.1) is 20.3 Å². The van der Waals surface area contributed by atoms with E-state index < -0.39 is 21.7 Å². The van der Waals surface area contributed by atoms with Gasteiger partial charge < -0.3 is 14.8 Å². The Bertz CT molecular complexity index is 323. The van der Waals surface area contributed by atoms with Crippen LogP contribution < -0.4 is 10.0 Å². The molecule has 7 nitrogen and oxygen atoms in total. The molecule has 1 aliphatic rings. The Morgan fingerprint density at radius 2 is 2.38 bits per heavy atom. The Labute approximate surface area is 94.5 Å². The van der Waals surface area contributed by atoms with Crippen LogP contribution in [-0.2, 0) is 24.3 Å². The van der Waals surface area contributed by atoms with Crippen molar-refractivity contribution in [3.05, 3.63) is 0 Å². The van der Waals surface area contributed by atoms with E-state index in [0.29, 0.717) is 19.8 Å². The van der Waals surface area contributed by atoms with E-state index in [9.17, 15) is 13.2 Å². The van der Waals surface area contributed by atoms with Gasteiger partial charge in [-0.15, -0.1) is 0 Å². The fourth-order valence-corrected chi connectivity index (χ4v) is 2.23. The topological polar surface area (TPSA) is 93.7 Å². The van der Waals surface area contributed by atoms with Gasteiger partial charge in [0, 0.05) is 19.1 Å². The third kappa shape index (κ3) is 4.88. The molecule has 0 amide bonds. The van der Waals surface area contributed by atoms with Gasteiger partial charge in [-0.05, 0) is 0 Å². The summed E-state index contributed by atoms with van der Waals surface area (Å²) in [5.74, 6) is -1.43. The van der Waals surface area contributed by atoms with E-state index in [1.54, 1.807) is 0 Å². The second-order valence-corrected chi connectivity index (χ2v) is 5.22. The smallest absolute Gasteiger partial charge is 0.322 e. The molecule has 0 radical (unpaired) electrons. The number of morpholine rings is 1. The van der Waals surface area contributed by atoms with Crippen LogP contribution in [0, 0.1) is 0 Å². The van der Waals surface area contributed by atoms with Crippen LogP contribution in [0.2, 0.25) is 0 Å². The van der Waals surface area contributed by atoms with Crippen LogP contribution in [0.4, 0.5) is 0 Å². The van der Waals surface area contributed by atoms with Crippen molar-refractivity contribution in [3.63, 3.8) is 0 Å². The van der Waals surface area contributed by atoms with Crippen molar-refractivity contribution >= 4 is 16.0 Å². The highest BCUT2D eigenvalue weighted by atomic mass is 32.2. The number of sulfonamides is 1. The molecule has 1 heterocycles. The maximum atomic E-state index is 11.4. The number of nitrogens with one attached hydrogen (secondary N) is 2. The quantitative estimate of drug-likeness (QED) is 0.553. The first-order valence-corrected chi connectivity index (χ1v) is 6.54. The maximum Gasteiger partial charge on any atom is 0.322 e. The molecule has 1 unspecified atom stereocenters. The van der Waals surface area contributed by atoms with Gasteiger partial charge in [-0.1, -0.05) is 0 Å². The molecule has 0 aromatic carbocycles. The molecule has 1 saturated heterocycles. The highest BCUT2D eigenvalue weighted by molar-refractivity contribution is 7.90. The van der Waals surface area contributed by atoms with Crippen molar-refractivity contribution in [2.24, 2.45) is 0 Å². The molecular formula is C8H16N2O5S. The van der Waals surface area contributed by atoms with Crippen molar-refractivity contribution in [1.29, 1.82) is 0 Å². The van der Waals surface area contributed by atoms with Crippen LogP contribution in [-0.4, -0.2) is 59.6 Å². The number of rotatable bonds is 5. The molecule has 0 spiro atoms. The van der Waals surface area contributed by atoms with E-state index in [2.05, 4.69) is 14.8 Å². The molecule has 0 aliphatic carbocycles. The van der Waals surface area contributed by atoms with E-state index in [4.69, 9.17) is 4.74 Å². The molecule has 1 rings (SSSR count). The van der Waals surface area contributed by atoms with Gasteiger partial charge >= 0.3 is 5.97 Å². The second kappa shape index (κ2) is 6.14. The monoisotopic (exact) mass is 252 g/mol. The van der Waals surface area contributed by atoms with Crippen LogP contribution in [0.5, 0.6) is 0 Å². The predicted octanol–water partition coefficient (Wildman–Crippen LogP) is -1.93. The summed E-state index contributed by atoms with van der Waals surface area (Å²) in [7, 11) is -2.47. The van der Waals surface area contributed by atoms with E-state index in [1.165, 1.54) is 0 Å². The van der Waals surface area contributed by atoms with E-state index in [0.717, 1.165) is 7.11 Å². The second-order valence-electron chi connectivity index (χ2n) is 3.41. The zero-order valence-electron chi connectivity index (χ0n) is 9.06. The summed E-state index contributed by atoms with van der Waals surface area (Å²) in [4.78, 5) is 10.8. The van der Waals surface area contributed by atoms with Crippen LogP contribution in [0.15, 0.2) is 0 Å². The average molecular weight is 252 g/mol. The van der Waals surface area contributed by atoms with Crippen molar-refractivity contribution in [1.82, 2.24) is 10.0 Å². The van der Waals surface area contributed by atoms with Gasteiger partial charge in [0.25, 0.3) is 0 Å². The number of ether oxygens (including phenoxy) is 2. The molecular weight excluding hydrogens is 236 g/mol. The van der Waals surface area contributed by atoms with Crippen molar-refractivity contribution in [2.45, 2.75) is 6.04 Å². The van der Waals surface area contributed by atoms with Gasteiger partial charge in [0.15, 0.2) is 5.75 Å². The number of carbonyl (C=O) groups is 1. The zero-order chi connectivity index (χ0) is 12.0. The van der Waals surface area contributed by atoms with E-state index >= 15 is 0 Å². The van der Waals surface area contributed by atoms with Crippen LogP contribution in [0.3, 0.4) is 0 Å². The molecule has 1 aliphatic heterocycles. The lowest BCUT2D eigenvalue weighted by Gasteiger charge is -2.23. The van der Waals surface area contributed by atoms with Gasteiger partial charge in [-0.3, -0.25) is 4.79 Å². The summed E-state index contributed by atoms with van der Waals surface area (Å²) in [6, 6.07) is -0.0545. The van der Waals surface area contributed by atoms with Crippen molar-refractivity contribution in [2.75, 3.05) is 39.2 Å². The molecule has 8 heteroatoms. The Hall–Kier alpha value is -0.700. The summed E-state index contributed by atoms with van der Waals surface area (Å²) < 4.78 is 34.5. The van der Waals surface area contributed by atoms with Gasteiger partial charge in [0.1, 0.15) is 0 Å². The third-order valence-corrected chi connectivity index (χ3v) is 3.31. The van der Waals surface area contributed by atoms with Crippen LogP contribution >= 0.6 is 0 Å². The largest absolute Gasteiger partial charge is 0.468 e. The Balaban J connectivity index is 2.32. The lowest BCUT2D eigenvalue weighted by atomic mass is 10.3. The molecule has 16 heavy (non-hydrogen) atoms. The van der Waals surface area contributed by atoms with Gasteiger partial charge in [-0.25, -0.2) is 13.1 Å². The SMILES string of the molecule is COC(=O)CS(=O)(=O)NCC1COCCN1. The van der Waals surface area contributed by atoms with E-state index in [1.807, 2.05) is 0 Å². The number of hydrogen-bond donors (Lipinski definition) is 2. The van der Waals surface area contributed by atoms with E-state index in [-0.39, 0.29) is 12.6 Å². The Morgan fingerprint density at radius 3 is 2.94 bits per heavy atom. The fourth-order valence-electron chi connectivity index (χ4n) is 1.24. The molecule has 0 bridgehead atoms. The number of methoxy groups -OCH3 is 1. The number of hydrogen-bond acceptors (Lipinski definition) is 6. The first-order valence-electron chi connectivity index (χ1n) is 4.89. The molecule has 0 aromatic rings. The summed E-state index contributed by atoms with van der Waals surface area (Å²) >= 11 is 0. The first-order chi connectivity index (χ1) is 7.53. The predicted molar refractivity (Wildman–Crippen MR) is 56.4 cm³/mol. The summed E-state index contributed by atoms with van der Waals surface area (Å²) in [6.45, 7) is 1.99. The summed E-state index contributed by atoms with van der Waals surface area (Å²) in [6.07, 6.45) is 0. The first kappa shape index (κ1) is 13.4. The van der Waals surface area contributed by atoms with Gasteiger partial charge in [0.2, 0.25) is 10.0 Å². The third-order valence-electron chi connectivity index (χ3n) is 2.08. The lowest BCUT2D eigenvalue weighted by molar-refractivity contribution is -0.137. The zero-order valence-corrected chi connectivity index (χ0v) is 9.88. The average Bonchev–Trinajstić information content (AvgIpc) is 2.27. The Kier molecular flexibility index (Phi) is 5.13. The Morgan fingerprint density at radius 1 is 1.62 bits per heavy atom. The minimum atomic E-state index is -3.61. The normalized spacial score (nSPS) is 21.7. The van der Waals surface area contributed by atoms with Crippen LogP contribution in [0.25, 0.3) is 0 Å². The molecule has 0 saturated carbocycles. The fraction of sp³-hybridized carbons (Fsp3) is 0.875. The molecule has 1 atom stereocenters. The van der Waals surface area contributed by atoms with Gasteiger partial charge in [-0.2, -0.15) is 0 Å². The number of carbonyl (C=O) groups excluding carboxylic acids is 1. The molecule has 94 valence electrons. The summed E-state index contributed by atoms with van der Waals surface area (Å²) in [5, 5.41) is 3.09. The lowest BCUT2D eigenvalue weighted by Crippen LogP contribution is -2.48. The van der Waals surface area contributed by atoms with Crippen molar-refractivity contribution < 1.29 is 22.7 Å². The maximum absolute atomic E-state index is 11.4. The molecule has 0 aromatic heterocycles. The molecule has 2 N–H and O–H groups in total. The van der Waals surface area contributed by atoms with Crippen molar-refractivity contribution in [3.8, 4) is 0 Å².